The number of amides is 1. The van der Waals surface area contributed by atoms with E-state index in [4.69, 9.17) is 16.3 Å². The lowest BCUT2D eigenvalue weighted by molar-refractivity contribution is 0.0635. The van der Waals surface area contributed by atoms with E-state index in [1.807, 2.05) is 0 Å². The van der Waals surface area contributed by atoms with E-state index >= 15 is 0 Å². The standard InChI is InChI=1S/C13H16ClNO3/c1-8(16)9-5-6-10(14)11(7-9)15-12(17)18-13(2,3)4/h5-7H,1-4H3,(H,15,17). The summed E-state index contributed by atoms with van der Waals surface area (Å²) < 4.78 is 5.10. The first-order valence-electron chi connectivity index (χ1n) is 5.49. The minimum atomic E-state index is -0.606. The highest BCUT2D eigenvalue weighted by atomic mass is 35.5. The molecule has 0 aromatic heterocycles. The first-order valence-corrected chi connectivity index (χ1v) is 5.87. The van der Waals surface area contributed by atoms with Gasteiger partial charge in [0.2, 0.25) is 0 Å². The first-order chi connectivity index (χ1) is 8.19. The van der Waals surface area contributed by atoms with Crippen molar-refractivity contribution >= 4 is 29.2 Å². The normalized spacial score (nSPS) is 10.9. The van der Waals surface area contributed by atoms with Gasteiger partial charge in [-0.2, -0.15) is 0 Å². The Morgan fingerprint density at radius 1 is 1.28 bits per heavy atom. The summed E-state index contributed by atoms with van der Waals surface area (Å²) in [5.41, 5.74) is 0.249. The van der Waals surface area contributed by atoms with E-state index in [1.54, 1.807) is 32.9 Å². The molecule has 4 nitrogen and oxygen atoms in total. The SMILES string of the molecule is CC(=O)c1ccc(Cl)c(NC(=O)OC(C)(C)C)c1. The number of hydrogen-bond donors (Lipinski definition) is 1. The molecule has 5 heteroatoms. The Balaban J connectivity index is 2.87. The van der Waals surface area contributed by atoms with Gasteiger partial charge in [-0.25, -0.2) is 4.79 Å². The van der Waals surface area contributed by atoms with Crippen LogP contribution in [-0.4, -0.2) is 17.5 Å². The van der Waals surface area contributed by atoms with Crippen LogP contribution in [0.2, 0.25) is 5.02 Å². The Morgan fingerprint density at radius 2 is 1.89 bits per heavy atom. The third-order valence-electron chi connectivity index (χ3n) is 2.01. The van der Waals surface area contributed by atoms with Crippen LogP contribution in [-0.2, 0) is 4.74 Å². The van der Waals surface area contributed by atoms with E-state index in [2.05, 4.69) is 5.32 Å². The molecular weight excluding hydrogens is 254 g/mol. The minimum absolute atomic E-state index is 0.0982. The Hall–Kier alpha value is -1.55. The van der Waals surface area contributed by atoms with Gasteiger partial charge < -0.3 is 4.74 Å². The molecule has 1 rings (SSSR count). The number of rotatable bonds is 2. The monoisotopic (exact) mass is 269 g/mol. The van der Waals surface area contributed by atoms with Crippen LogP contribution in [0.3, 0.4) is 0 Å². The van der Waals surface area contributed by atoms with Gasteiger partial charge in [0.25, 0.3) is 0 Å². The molecule has 0 radical (unpaired) electrons. The van der Waals surface area contributed by atoms with Crippen molar-refractivity contribution in [3.8, 4) is 0 Å². The number of carbonyl (C=O) groups excluding carboxylic acids is 2. The summed E-state index contributed by atoms with van der Waals surface area (Å²) in [6.07, 6.45) is -0.606. The average Bonchev–Trinajstić information content (AvgIpc) is 2.18. The van der Waals surface area contributed by atoms with Crippen molar-refractivity contribution in [3.63, 3.8) is 0 Å². The van der Waals surface area contributed by atoms with E-state index in [1.165, 1.54) is 13.0 Å². The quantitative estimate of drug-likeness (QED) is 0.829. The molecule has 0 fully saturated rings. The van der Waals surface area contributed by atoms with Crippen LogP contribution in [0.5, 0.6) is 0 Å². The van der Waals surface area contributed by atoms with E-state index in [9.17, 15) is 9.59 Å². The van der Waals surface area contributed by atoms with Gasteiger partial charge in [0, 0.05) is 5.56 Å². The third-order valence-corrected chi connectivity index (χ3v) is 2.34. The topological polar surface area (TPSA) is 55.4 Å². The number of carbonyl (C=O) groups is 2. The number of Topliss-reactive ketones (excluding diaryl/α,β-unsaturated/α-hetero) is 1. The van der Waals surface area contributed by atoms with Crippen LogP contribution < -0.4 is 5.32 Å². The van der Waals surface area contributed by atoms with Crippen LogP contribution in [0.4, 0.5) is 10.5 Å². The summed E-state index contributed by atoms with van der Waals surface area (Å²) in [5, 5.41) is 2.87. The van der Waals surface area contributed by atoms with Gasteiger partial charge >= 0.3 is 6.09 Å². The maximum atomic E-state index is 11.6. The first kappa shape index (κ1) is 14.5. The number of nitrogens with one attached hydrogen (secondary N) is 1. The molecule has 1 amide bonds. The highest BCUT2D eigenvalue weighted by Crippen LogP contribution is 2.24. The van der Waals surface area contributed by atoms with Gasteiger partial charge in [0.05, 0.1) is 10.7 Å². The fraction of sp³-hybridized carbons (Fsp3) is 0.385. The minimum Gasteiger partial charge on any atom is -0.444 e. The number of anilines is 1. The molecule has 0 unspecified atom stereocenters. The Kier molecular flexibility index (Phi) is 4.35. The van der Waals surface area contributed by atoms with Gasteiger partial charge in [-0.1, -0.05) is 11.6 Å². The largest absolute Gasteiger partial charge is 0.444 e. The third kappa shape index (κ3) is 4.37. The van der Waals surface area contributed by atoms with Crippen molar-refractivity contribution < 1.29 is 14.3 Å². The van der Waals surface area contributed by atoms with Gasteiger partial charge in [-0.05, 0) is 45.9 Å². The summed E-state index contributed by atoms with van der Waals surface area (Å²) in [5.74, 6) is -0.0982. The number of ether oxygens (including phenoxy) is 1. The highest BCUT2D eigenvalue weighted by molar-refractivity contribution is 6.33. The summed E-state index contributed by atoms with van der Waals surface area (Å²) >= 11 is 5.93. The molecule has 1 aromatic rings. The summed E-state index contributed by atoms with van der Waals surface area (Å²) in [7, 11) is 0. The van der Waals surface area contributed by atoms with E-state index in [0.29, 0.717) is 16.3 Å². The lowest BCUT2D eigenvalue weighted by atomic mass is 10.1. The number of benzene rings is 1. The Bertz CT molecular complexity index is 478. The highest BCUT2D eigenvalue weighted by Gasteiger charge is 2.17. The molecule has 0 aliphatic rings. The molecule has 0 aliphatic carbocycles. The zero-order chi connectivity index (χ0) is 13.9. The fourth-order valence-corrected chi connectivity index (χ4v) is 1.42. The molecule has 1 aromatic carbocycles. The Morgan fingerprint density at radius 3 is 2.39 bits per heavy atom. The molecule has 0 atom stereocenters. The average molecular weight is 270 g/mol. The molecule has 0 saturated heterocycles. The van der Waals surface area contributed by atoms with E-state index in [-0.39, 0.29) is 5.78 Å². The molecule has 0 bridgehead atoms. The molecule has 0 aliphatic heterocycles. The van der Waals surface area contributed by atoms with Gasteiger partial charge in [-0.3, -0.25) is 10.1 Å². The number of ketones is 1. The maximum absolute atomic E-state index is 11.6. The summed E-state index contributed by atoms with van der Waals surface area (Å²) in [6, 6.07) is 4.69. The zero-order valence-corrected chi connectivity index (χ0v) is 11.6. The smallest absolute Gasteiger partial charge is 0.412 e. The van der Waals surface area contributed by atoms with Crippen LogP contribution in [0.25, 0.3) is 0 Å². The summed E-state index contributed by atoms with van der Waals surface area (Å²) in [4.78, 5) is 22.8. The van der Waals surface area contributed by atoms with Crippen LogP contribution in [0.15, 0.2) is 18.2 Å². The second-order valence-corrected chi connectivity index (χ2v) is 5.28. The fourth-order valence-electron chi connectivity index (χ4n) is 1.25. The maximum Gasteiger partial charge on any atom is 0.412 e. The van der Waals surface area contributed by atoms with Crippen molar-refractivity contribution in [2.75, 3.05) is 5.32 Å². The lowest BCUT2D eigenvalue weighted by Gasteiger charge is -2.20. The number of hydrogen-bond acceptors (Lipinski definition) is 3. The van der Waals surface area contributed by atoms with Crippen molar-refractivity contribution in [1.29, 1.82) is 0 Å². The molecule has 98 valence electrons. The molecule has 0 saturated carbocycles. The van der Waals surface area contributed by atoms with Crippen LogP contribution >= 0.6 is 11.6 Å². The van der Waals surface area contributed by atoms with Crippen molar-refractivity contribution in [2.45, 2.75) is 33.3 Å². The molecular formula is C13H16ClNO3. The number of halogens is 1. The molecule has 1 N–H and O–H groups in total. The second-order valence-electron chi connectivity index (χ2n) is 4.88. The van der Waals surface area contributed by atoms with Crippen molar-refractivity contribution in [1.82, 2.24) is 0 Å². The Labute approximate surface area is 111 Å². The molecule has 18 heavy (non-hydrogen) atoms. The van der Waals surface area contributed by atoms with Crippen molar-refractivity contribution in [2.24, 2.45) is 0 Å². The predicted molar refractivity (Wildman–Crippen MR) is 71.3 cm³/mol. The molecule has 0 spiro atoms. The van der Waals surface area contributed by atoms with E-state index in [0.717, 1.165) is 0 Å². The predicted octanol–water partition coefficient (Wildman–Crippen LogP) is 3.89. The van der Waals surface area contributed by atoms with Gasteiger partial charge in [0.15, 0.2) is 5.78 Å². The van der Waals surface area contributed by atoms with E-state index < -0.39 is 11.7 Å². The van der Waals surface area contributed by atoms with Crippen molar-refractivity contribution in [3.05, 3.63) is 28.8 Å². The lowest BCUT2D eigenvalue weighted by Crippen LogP contribution is -2.27. The van der Waals surface area contributed by atoms with Crippen LogP contribution in [0, 0.1) is 0 Å². The summed E-state index contributed by atoms with van der Waals surface area (Å²) in [6.45, 7) is 6.74. The molecule has 0 heterocycles. The van der Waals surface area contributed by atoms with Crippen LogP contribution in [0.1, 0.15) is 38.1 Å². The second kappa shape index (κ2) is 5.40. The van der Waals surface area contributed by atoms with Gasteiger partial charge in [-0.15, -0.1) is 0 Å². The van der Waals surface area contributed by atoms with Gasteiger partial charge in [0.1, 0.15) is 5.60 Å². The zero-order valence-electron chi connectivity index (χ0n) is 10.8.